The molecule has 0 radical (unpaired) electrons. The van der Waals surface area contributed by atoms with Gasteiger partial charge in [-0.2, -0.15) is 0 Å². The van der Waals surface area contributed by atoms with Crippen LogP contribution in [0.4, 0.5) is 8.78 Å². The second-order valence-electron chi connectivity index (χ2n) is 8.92. The van der Waals surface area contributed by atoms with E-state index >= 15 is 0 Å². The van der Waals surface area contributed by atoms with Gasteiger partial charge in [0.25, 0.3) is 0 Å². The van der Waals surface area contributed by atoms with Crippen LogP contribution in [0.1, 0.15) is 47.8 Å². The van der Waals surface area contributed by atoms with E-state index in [1.54, 1.807) is 23.8 Å². The highest BCUT2D eigenvalue weighted by Gasteiger charge is 2.35. The molecule has 0 saturated heterocycles. The molecular formula is C28H26F2N2O3. The molecule has 180 valence electrons. The van der Waals surface area contributed by atoms with Crippen LogP contribution in [-0.2, 0) is 11.3 Å². The van der Waals surface area contributed by atoms with E-state index in [1.807, 2.05) is 12.1 Å². The maximum Gasteiger partial charge on any atom is 0.355 e. The summed E-state index contributed by atoms with van der Waals surface area (Å²) in [5, 5.41) is 0.832. The highest BCUT2D eigenvalue weighted by molar-refractivity contribution is 6.09. The first-order chi connectivity index (χ1) is 16.9. The number of halogens is 2. The Morgan fingerprint density at radius 3 is 2.66 bits per heavy atom. The van der Waals surface area contributed by atoms with Crippen molar-refractivity contribution >= 4 is 16.9 Å². The van der Waals surface area contributed by atoms with E-state index in [0.29, 0.717) is 28.8 Å². The quantitative estimate of drug-likeness (QED) is 0.292. The van der Waals surface area contributed by atoms with Crippen molar-refractivity contribution in [2.45, 2.75) is 32.7 Å². The van der Waals surface area contributed by atoms with E-state index in [4.69, 9.17) is 9.47 Å². The number of benzene rings is 2. The van der Waals surface area contributed by atoms with Crippen molar-refractivity contribution in [1.29, 1.82) is 0 Å². The van der Waals surface area contributed by atoms with Gasteiger partial charge in [-0.3, -0.25) is 0 Å². The maximum atomic E-state index is 14.7. The number of rotatable bonds is 7. The molecule has 0 bridgehead atoms. The van der Waals surface area contributed by atoms with Crippen LogP contribution in [0.15, 0.2) is 54.7 Å². The van der Waals surface area contributed by atoms with E-state index in [2.05, 4.69) is 24.0 Å². The Balaban J connectivity index is 1.82. The standard InChI is InChI=1S/C28H26F2N2O3/c1-4-35-28(33)26-25(20-6-5-11-31-27(20)34-3)22-13-17(21-12-16(21)2)8-10-24(22)32(26)15-18-7-9-19(29)14-23(18)30/h5-11,13-14,16,21H,4,12,15H2,1-3H3/t16-,21+/m0/s1. The van der Waals surface area contributed by atoms with E-state index in [1.165, 1.54) is 24.8 Å². The lowest BCUT2D eigenvalue weighted by atomic mass is 9.99. The van der Waals surface area contributed by atoms with Crippen LogP contribution in [-0.4, -0.2) is 29.2 Å². The molecule has 1 aliphatic rings. The van der Waals surface area contributed by atoms with Crippen LogP contribution < -0.4 is 4.74 Å². The lowest BCUT2D eigenvalue weighted by Crippen LogP contribution is -2.15. The number of ether oxygens (including phenoxy) is 2. The molecule has 0 spiro atoms. The van der Waals surface area contributed by atoms with Crippen molar-refractivity contribution in [1.82, 2.24) is 9.55 Å². The monoisotopic (exact) mass is 476 g/mol. The van der Waals surface area contributed by atoms with Gasteiger partial charge in [-0.1, -0.05) is 19.1 Å². The summed E-state index contributed by atoms with van der Waals surface area (Å²) in [5.41, 5.74) is 3.74. The molecule has 1 fully saturated rings. The number of aromatic nitrogens is 2. The highest BCUT2D eigenvalue weighted by atomic mass is 19.1. The van der Waals surface area contributed by atoms with Gasteiger partial charge in [-0.15, -0.1) is 0 Å². The van der Waals surface area contributed by atoms with E-state index in [-0.39, 0.29) is 24.4 Å². The Morgan fingerprint density at radius 1 is 1.17 bits per heavy atom. The number of carbonyl (C=O) groups excluding carboxylic acids is 1. The fraction of sp³-hybridized carbons (Fsp3) is 0.286. The zero-order chi connectivity index (χ0) is 24.7. The molecule has 4 aromatic rings. The summed E-state index contributed by atoms with van der Waals surface area (Å²) in [5.74, 6) is -0.428. The number of hydrogen-bond donors (Lipinski definition) is 0. The fourth-order valence-corrected chi connectivity index (χ4v) is 4.80. The predicted octanol–water partition coefficient (Wildman–Crippen LogP) is 6.34. The van der Waals surface area contributed by atoms with Crippen LogP contribution in [0.5, 0.6) is 5.88 Å². The Morgan fingerprint density at radius 2 is 1.97 bits per heavy atom. The number of pyridine rings is 1. The largest absolute Gasteiger partial charge is 0.481 e. The van der Waals surface area contributed by atoms with Crippen LogP contribution in [0.3, 0.4) is 0 Å². The van der Waals surface area contributed by atoms with Gasteiger partial charge >= 0.3 is 5.97 Å². The highest BCUT2D eigenvalue weighted by Crippen LogP contribution is 2.49. The summed E-state index contributed by atoms with van der Waals surface area (Å²) >= 11 is 0. The van der Waals surface area contributed by atoms with Crippen molar-refractivity contribution < 1.29 is 23.0 Å². The number of hydrogen-bond acceptors (Lipinski definition) is 4. The first kappa shape index (κ1) is 23.0. The third-order valence-corrected chi connectivity index (χ3v) is 6.67. The fourth-order valence-electron chi connectivity index (χ4n) is 4.80. The Hall–Kier alpha value is -3.74. The maximum absolute atomic E-state index is 14.7. The SMILES string of the molecule is CCOC(=O)c1c(-c2cccnc2OC)c2cc([C@@H]3C[C@@H]3C)ccc2n1Cc1ccc(F)cc1F. The second-order valence-corrected chi connectivity index (χ2v) is 8.92. The van der Waals surface area contributed by atoms with Crippen molar-refractivity contribution in [3.05, 3.63) is 83.2 Å². The summed E-state index contributed by atoms with van der Waals surface area (Å²) in [6.45, 7) is 4.16. The molecule has 2 aromatic heterocycles. The van der Waals surface area contributed by atoms with E-state index < -0.39 is 17.6 Å². The molecule has 0 unspecified atom stereocenters. The smallest absolute Gasteiger partial charge is 0.355 e. The number of carbonyl (C=O) groups is 1. The van der Waals surface area contributed by atoms with E-state index in [0.717, 1.165) is 23.4 Å². The minimum atomic E-state index is -0.675. The number of nitrogens with zero attached hydrogens (tertiary/aromatic N) is 2. The molecule has 1 aliphatic carbocycles. The molecular weight excluding hydrogens is 450 g/mol. The molecule has 5 rings (SSSR count). The molecule has 2 aromatic carbocycles. The summed E-state index contributed by atoms with van der Waals surface area (Å²) in [6.07, 6.45) is 2.74. The molecule has 0 amide bonds. The van der Waals surface area contributed by atoms with Crippen LogP contribution in [0.25, 0.3) is 22.0 Å². The van der Waals surface area contributed by atoms with Crippen LogP contribution in [0, 0.1) is 17.6 Å². The van der Waals surface area contributed by atoms with E-state index in [9.17, 15) is 13.6 Å². The zero-order valence-electron chi connectivity index (χ0n) is 19.8. The summed E-state index contributed by atoms with van der Waals surface area (Å²) in [4.78, 5) is 17.7. The van der Waals surface area contributed by atoms with Crippen LogP contribution in [0.2, 0.25) is 0 Å². The molecule has 5 nitrogen and oxygen atoms in total. The topological polar surface area (TPSA) is 53.4 Å². The van der Waals surface area contributed by atoms with Gasteiger partial charge in [-0.25, -0.2) is 18.6 Å². The molecule has 2 atom stereocenters. The number of esters is 1. The zero-order valence-corrected chi connectivity index (χ0v) is 19.8. The van der Waals surface area contributed by atoms with Crippen molar-refractivity contribution in [2.75, 3.05) is 13.7 Å². The third-order valence-electron chi connectivity index (χ3n) is 6.67. The Labute approximate surface area is 202 Å². The lowest BCUT2D eigenvalue weighted by molar-refractivity contribution is 0.0516. The van der Waals surface area contributed by atoms with Gasteiger partial charge < -0.3 is 14.0 Å². The number of methoxy groups -OCH3 is 1. The van der Waals surface area contributed by atoms with Crippen LogP contribution >= 0.6 is 0 Å². The summed E-state index contributed by atoms with van der Waals surface area (Å²) < 4.78 is 41.0. The Kier molecular flexibility index (Phi) is 6.01. The van der Waals surface area contributed by atoms with Gasteiger partial charge in [0.2, 0.25) is 5.88 Å². The van der Waals surface area contributed by atoms with Gasteiger partial charge in [0, 0.05) is 39.9 Å². The lowest BCUT2D eigenvalue weighted by Gasteiger charge is -2.13. The molecule has 0 aliphatic heterocycles. The van der Waals surface area contributed by atoms with Gasteiger partial charge in [0.15, 0.2) is 0 Å². The minimum Gasteiger partial charge on any atom is -0.481 e. The van der Waals surface area contributed by atoms with Gasteiger partial charge in [0.1, 0.15) is 17.3 Å². The molecule has 35 heavy (non-hydrogen) atoms. The molecule has 2 heterocycles. The molecule has 0 N–H and O–H groups in total. The van der Waals surface area contributed by atoms with Crippen molar-refractivity contribution in [3.63, 3.8) is 0 Å². The normalized spacial score (nSPS) is 16.9. The first-order valence-corrected chi connectivity index (χ1v) is 11.7. The first-order valence-electron chi connectivity index (χ1n) is 11.7. The third kappa shape index (κ3) is 4.16. The van der Waals surface area contributed by atoms with Crippen molar-refractivity contribution in [3.8, 4) is 17.0 Å². The predicted molar refractivity (Wildman–Crippen MR) is 130 cm³/mol. The average Bonchev–Trinajstić information content (AvgIpc) is 3.50. The minimum absolute atomic E-state index is 0.0263. The Bertz CT molecular complexity index is 1430. The average molecular weight is 477 g/mol. The van der Waals surface area contributed by atoms with Gasteiger partial charge in [-0.05, 0) is 61.1 Å². The second kappa shape index (κ2) is 9.13. The summed E-state index contributed by atoms with van der Waals surface area (Å²) in [7, 11) is 1.53. The summed E-state index contributed by atoms with van der Waals surface area (Å²) in [6, 6.07) is 13.2. The van der Waals surface area contributed by atoms with Crippen molar-refractivity contribution in [2.24, 2.45) is 5.92 Å². The molecule has 7 heteroatoms. The molecule has 1 saturated carbocycles. The number of fused-ring (bicyclic) bond motifs is 1. The van der Waals surface area contributed by atoms with Gasteiger partial charge in [0.05, 0.1) is 20.3 Å².